The van der Waals surface area contributed by atoms with E-state index in [1.807, 2.05) is 6.20 Å². The third-order valence-electron chi connectivity index (χ3n) is 4.01. The van der Waals surface area contributed by atoms with E-state index in [0.29, 0.717) is 5.92 Å². The van der Waals surface area contributed by atoms with Crippen molar-refractivity contribution in [1.82, 2.24) is 4.98 Å². The number of hydrogen-bond acceptors (Lipinski definition) is 2. The van der Waals surface area contributed by atoms with Crippen LogP contribution in [-0.4, -0.2) is 16.2 Å². The number of aryl methyl sites for hydroxylation is 1. The van der Waals surface area contributed by atoms with Crippen molar-refractivity contribution in [3.63, 3.8) is 0 Å². The molecule has 1 heterocycles. The summed E-state index contributed by atoms with van der Waals surface area (Å²) in [5.74, 6) is 0.610. The third-order valence-corrected chi connectivity index (χ3v) is 4.01. The lowest BCUT2D eigenvalue weighted by molar-refractivity contribution is 0.122. The lowest BCUT2D eigenvalue weighted by Crippen LogP contribution is -2.16. The molecular formula is C16H19NO. The number of rotatable bonds is 1. The molecule has 2 nitrogen and oxygen atoms in total. The summed E-state index contributed by atoms with van der Waals surface area (Å²) in [5, 5.41) is 10.8. The molecule has 94 valence electrons. The molecule has 0 atom stereocenters. The van der Waals surface area contributed by atoms with Gasteiger partial charge in [0.05, 0.1) is 11.6 Å². The number of pyridine rings is 1. The average Bonchev–Trinajstić information content (AvgIpc) is 2.38. The molecular weight excluding hydrogens is 222 g/mol. The van der Waals surface area contributed by atoms with E-state index in [-0.39, 0.29) is 6.10 Å². The van der Waals surface area contributed by atoms with Crippen LogP contribution in [-0.2, 0) is 0 Å². The molecule has 0 amide bonds. The van der Waals surface area contributed by atoms with Crippen LogP contribution < -0.4 is 0 Å². The van der Waals surface area contributed by atoms with Gasteiger partial charge < -0.3 is 5.11 Å². The molecule has 0 bridgehead atoms. The normalized spacial score (nSPS) is 24.3. The minimum absolute atomic E-state index is 0.0781. The van der Waals surface area contributed by atoms with Crippen LogP contribution in [0.5, 0.6) is 0 Å². The number of aliphatic hydroxyl groups is 1. The van der Waals surface area contributed by atoms with E-state index in [4.69, 9.17) is 0 Å². The molecule has 1 fully saturated rings. The van der Waals surface area contributed by atoms with Crippen molar-refractivity contribution in [3.8, 4) is 0 Å². The zero-order valence-electron chi connectivity index (χ0n) is 10.8. The van der Waals surface area contributed by atoms with Gasteiger partial charge >= 0.3 is 0 Å². The Balaban J connectivity index is 1.92. The van der Waals surface area contributed by atoms with Crippen LogP contribution in [0.1, 0.15) is 42.7 Å². The smallest absolute Gasteiger partial charge is 0.0702 e. The fraction of sp³-hybridized carbons (Fsp3) is 0.438. The molecule has 1 aliphatic carbocycles. The summed E-state index contributed by atoms with van der Waals surface area (Å²) in [7, 11) is 0. The number of benzene rings is 1. The van der Waals surface area contributed by atoms with Crippen LogP contribution in [0.4, 0.5) is 0 Å². The Morgan fingerprint density at radius 1 is 1.11 bits per heavy atom. The van der Waals surface area contributed by atoms with Crippen LogP contribution in [0.25, 0.3) is 10.9 Å². The maximum atomic E-state index is 9.57. The summed E-state index contributed by atoms with van der Waals surface area (Å²) < 4.78 is 0. The van der Waals surface area contributed by atoms with Gasteiger partial charge in [0, 0.05) is 11.6 Å². The number of aliphatic hydroxyl groups excluding tert-OH is 1. The van der Waals surface area contributed by atoms with Crippen LogP contribution in [0, 0.1) is 6.92 Å². The molecule has 0 aliphatic heterocycles. The highest BCUT2D eigenvalue weighted by molar-refractivity contribution is 5.79. The number of hydrogen-bond donors (Lipinski definition) is 1. The van der Waals surface area contributed by atoms with Gasteiger partial charge in [-0.25, -0.2) is 0 Å². The maximum Gasteiger partial charge on any atom is 0.0702 e. The minimum Gasteiger partial charge on any atom is -0.393 e. The van der Waals surface area contributed by atoms with Crippen molar-refractivity contribution >= 4 is 10.9 Å². The fourth-order valence-corrected chi connectivity index (χ4v) is 2.92. The van der Waals surface area contributed by atoms with E-state index in [0.717, 1.165) is 31.2 Å². The maximum absolute atomic E-state index is 9.57. The molecule has 1 N–H and O–H groups in total. The molecule has 3 rings (SSSR count). The molecule has 1 aliphatic rings. The van der Waals surface area contributed by atoms with E-state index in [1.54, 1.807) is 0 Å². The van der Waals surface area contributed by atoms with Crippen molar-refractivity contribution < 1.29 is 5.11 Å². The van der Waals surface area contributed by atoms with Gasteiger partial charge in [0.15, 0.2) is 0 Å². The van der Waals surface area contributed by atoms with Crippen LogP contribution in [0.3, 0.4) is 0 Å². The molecule has 0 unspecified atom stereocenters. The summed E-state index contributed by atoms with van der Waals surface area (Å²) in [6.45, 7) is 2.08. The van der Waals surface area contributed by atoms with Crippen LogP contribution in [0.2, 0.25) is 0 Å². The number of nitrogens with zero attached hydrogens (tertiary/aromatic N) is 1. The highest BCUT2D eigenvalue weighted by Crippen LogP contribution is 2.33. The lowest BCUT2D eigenvalue weighted by atomic mass is 9.82. The fourth-order valence-electron chi connectivity index (χ4n) is 2.92. The third kappa shape index (κ3) is 2.25. The van der Waals surface area contributed by atoms with Crippen molar-refractivity contribution in [3.05, 3.63) is 41.6 Å². The number of fused-ring (bicyclic) bond motifs is 1. The van der Waals surface area contributed by atoms with E-state index in [9.17, 15) is 5.11 Å². The molecule has 2 heteroatoms. The number of aromatic nitrogens is 1. The highest BCUT2D eigenvalue weighted by Gasteiger charge is 2.20. The van der Waals surface area contributed by atoms with Crippen molar-refractivity contribution in [2.24, 2.45) is 0 Å². The van der Waals surface area contributed by atoms with Gasteiger partial charge in [-0.05, 0) is 67.9 Å². The van der Waals surface area contributed by atoms with Crippen molar-refractivity contribution in [1.29, 1.82) is 0 Å². The van der Waals surface area contributed by atoms with Gasteiger partial charge in [-0.1, -0.05) is 6.07 Å². The second kappa shape index (κ2) is 4.69. The summed E-state index contributed by atoms with van der Waals surface area (Å²) in [4.78, 5) is 4.44. The summed E-state index contributed by atoms with van der Waals surface area (Å²) >= 11 is 0. The average molecular weight is 241 g/mol. The predicted octanol–water partition coefficient (Wildman–Crippen LogP) is 3.56. The quantitative estimate of drug-likeness (QED) is 0.828. The first-order chi connectivity index (χ1) is 8.72. The molecule has 0 spiro atoms. The van der Waals surface area contributed by atoms with Gasteiger partial charge in [-0.15, -0.1) is 0 Å². The molecule has 18 heavy (non-hydrogen) atoms. The monoisotopic (exact) mass is 241 g/mol. The molecule has 1 saturated carbocycles. The minimum atomic E-state index is -0.0781. The lowest BCUT2D eigenvalue weighted by Gasteiger charge is -2.25. The van der Waals surface area contributed by atoms with Crippen LogP contribution in [0.15, 0.2) is 30.5 Å². The first kappa shape index (κ1) is 11.7. The zero-order chi connectivity index (χ0) is 12.5. The highest BCUT2D eigenvalue weighted by atomic mass is 16.3. The Hall–Kier alpha value is -1.41. The molecule has 1 aromatic carbocycles. The zero-order valence-corrected chi connectivity index (χ0v) is 10.8. The first-order valence-electron chi connectivity index (χ1n) is 6.77. The van der Waals surface area contributed by atoms with Crippen molar-refractivity contribution in [2.75, 3.05) is 0 Å². The van der Waals surface area contributed by atoms with E-state index < -0.39 is 0 Å². The Morgan fingerprint density at radius 2 is 1.89 bits per heavy atom. The Morgan fingerprint density at radius 3 is 2.67 bits per heavy atom. The van der Waals surface area contributed by atoms with Gasteiger partial charge in [-0.3, -0.25) is 4.98 Å². The summed E-state index contributed by atoms with van der Waals surface area (Å²) in [6, 6.07) is 8.80. The molecule has 2 aromatic rings. The molecule has 1 aromatic heterocycles. The first-order valence-corrected chi connectivity index (χ1v) is 6.77. The van der Waals surface area contributed by atoms with Gasteiger partial charge in [0.2, 0.25) is 0 Å². The van der Waals surface area contributed by atoms with E-state index in [1.165, 1.54) is 16.5 Å². The Bertz CT molecular complexity index is 556. The Labute approximate surface area is 108 Å². The van der Waals surface area contributed by atoms with E-state index in [2.05, 4.69) is 36.2 Å². The second-order valence-electron chi connectivity index (χ2n) is 5.47. The Kier molecular flexibility index (Phi) is 3.04. The standard InChI is InChI=1S/C16H19NO/c1-11-8-14-9-13(4-7-16(14)17-10-11)12-2-5-15(18)6-3-12/h4,7-10,12,15,18H,2-3,5-6H2,1H3. The molecule has 0 saturated heterocycles. The van der Waals surface area contributed by atoms with Crippen molar-refractivity contribution in [2.45, 2.75) is 44.6 Å². The largest absolute Gasteiger partial charge is 0.393 e. The van der Waals surface area contributed by atoms with Gasteiger partial charge in [0.1, 0.15) is 0 Å². The predicted molar refractivity (Wildman–Crippen MR) is 73.7 cm³/mol. The second-order valence-corrected chi connectivity index (χ2v) is 5.47. The SMILES string of the molecule is Cc1cnc2ccc(C3CCC(O)CC3)cc2c1. The summed E-state index contributed by atoms with van der Waals surface area (Å²) in [6.07, 6.45) is 5.92. The van der Waals surface area contributed by atoms with E-state index >= 15 is 0 Å². The van der Waals surface area contributed by atoms with Crippen LogP contribution >= 0.6 is 0 Å². The van der Waals surface area contributed by atoms with Gasteiger partial charge in [0.25, 0.3) is 0 Å². The topological polar surface area (TPSA) is 33.1 Å². The molecule has 0 radical (unpaired) electrons. The van der Waals surface area contributed by atoms with Gasteiger partial charge in [-0.2, -0.15) is 0 Å². The summed E-state index contributed by atoms with van der Waals surface area (Å²) in [5.41, 5.74) is 3.68.